The summed E-state index contributed by atoms with van der Waals surface area (Å²) in [4.78, 5) is 29.6. The SMILES string of the molecule is CCOC(=O)CC1CCC(c2ncc(-c3ccc(NC(=O)Nc4cc(F)cc(F)c4)cc3)s2)CC1. The summed E-state index contributed by atoms with van der Waals surface area (Å²) in [5.41, 5.74) is 1.57. The van der Waals surface area contributed by atoms with E-state index in [-0.39, 0.29) is 11.7 Å². The zero-order valence-electron chi connectivity index (χ0n) is 19.4. The highest BCUT2D eigenvalue weighted by Crippen LogP contribution is 2.40. The molecule has 0 unspecified atom stereocenters. The van der Waals surface area contributed by atoms with Gasteiger partial charge in [0, 0.05) is 36.0 Å². The summed E-state index contributed by atoms with van der Waals surface area (Å²) >= 11 is 1.67. The lowest BCUT2D eigenvalue weighted by Crippen LogP contribution is -2.19. The van der Waals surface area contributed by atoms with Crippen molar-refractivity contribution in [3.8, 4) is 10.4 Å². The van der Waals surface area contributed by atoms with Gasteiger partial charge < -0.3 is 15.4 Å². The highest BCUT2D eigenvalue weighted by Gasteiger charge is 2.26. The van der Waals surface area contributed by atoms with Gasteiger partial charge in [-0.1, -0.05) is 12.1 Å². The van der Waals surface area contributed by atoms with Crippen LogP contribution < -0.4 is 10.6 Å². The van der Waals surface area contributed by atoms with E-state index in [1.165, 1.54) is 0 Å². The molecule has 2 amide bonds. The number of amides is 2. The Balaban J connectivity index is 1.30. The third-order valence-corrected chi connectivity index (χ3v) is 7.24. The van der Waals surface area contributed by atoms with Gasteiger partial charge in [0.15, 0.2) is 0 Å². The summed E-state index contributed by atoms with van der Waals surface area (Å²) in [5, 5.41) is 6.17. The first-order valence-electron chi connectivity index (χ1n) is 11.7. The maximum Gasteiger partial charge on any atom is 0.323 e. The Morgan fingerprint density at radius 1 is 1.00 bits per heavy atom. The van der Waals surface area contributed by atoms with Crippen LogP contribution in [0.4, 0.5) is 25.0 Å². The van der Waals surface area contributed by atoms with Crippen LogP contribution in [0.3, 0.4) is 0 Å². The standard InChI is InChI=1S/C26H27F2N3O3S/c1-2-34-24(32)11-16-3-5-18(6-4-16)25-29-15-23(35-25)17-7-9-21(10-8-17)30-26(33)31-22-13-19(27)12-20(28)14-22/h7-10,12-16,18H,2-6,11H2,1H3,(H2,30,31,33). The lowest BCUT2D eigenvalue weighted by atomic mass is 9.81. The summed E-state index contributed by atoms with van der Waals surface area (Å²) in [6.45, 7) is 2.25. The molecule has 0 saturated heterocycles. The number of nitrogens with zero attached hydrogens (tertiary/aromatic N) is 1. The van der Waals surface area contributed by atoms with E-state index in [0.717, 1.165) is 59.3 Å². The Hall–Kier alpha value is -3.33. The molecule has 0 atom stereocenters. The molecule has 1 saturated carbocycles. The molecule has 1 aliphatic rings. The van der Waals surface area contributed by atoms with E-state index in [1.807, 2.05) is 25.3 Å². The second kappa shape index (κ2) is 11.4. The van der Waals surface area contributed by atoms with Crippen LogP contribution in [0.1, 0.15) is 50.0 Å². The Kier molecular flexibility index (Phi) is 8.07. The van der Waals surface area contributed by atoms with Crippen LogP contribution in [0.2, 0.25) is 0 Å². The summed E-state index contributed by atoms with van der Waals surface area (Å²) in [7, 11) is 0. The fraction of sp³-hybridized carbons (Fsp3) is 0.346. The maximum absolute atomic E-state index is 13.3. The average molecular weight is 500 g/mol. The third kappa shape index (κ3) is 6.85. The van der Waals surface area contributed by atoms with Crippen molar-refractivity contribution in [2.75, 3.05) is 17.2 Å². The molecule has 9 heteroatoms. The van der Waals surface area contributed by atoms with Crippen LogP contribution in [0.25, 0.3) is 10.4 Å². The van der Waals surface area contributed by atoms with Crippen LogP contribution in [0.15, 0.2) is 48.7 Å². The quantitative estimate of drug-likeness (QED) is 0.345. The zero-order valence-corrected chi connectivity index (χ0v) is 20.2. The van der Waals surface area contributed by atoms with Crippen LogP contribution >= 0.6 is 11.3 Å². The van der Waals surface area contributed by atoms with Gasteiger partial charge in [0.2, 0.25) is 0 Å². The monoisotopic (exact) mass is 499 g/mol. The summed E-state index contributed by atoms with van der Waals surface area (Å²) in [5.74, 6) is -0.839. The highest BCUT2D eigenvalue weighted by molar-refractivity contribution is 7.15. The van der Waals surface area contributed by atoms with Gasteiger partial charge in [-0.05, 0) is 68.4 Å². The first-order chi connectivity index (χ1) is 16.9. The molecule has 0 aliphatic heterocycles. The van der Waals surface area contributed by atoms with Crippen molar-refractivity contribution in [2.24, 2.45) is 5.92 Å². The number of benzene rings is 2. The highest BCUT2D eigenvalue weighted by atomic mass is 32.1. The molecule has 1 fully saturated rings. The van der Waals surface area contributed by atoms with Crippen molar-refractivity contribution in [1.29, 1.82) is 0 Å². The second-order valence-corrected chi connectivity index (χ2v) is 9.67. The van der Waals surface area contributed by atoms with Crippen molar-refractivity contribution in [3.63, 3.8) is 0 Å². The van der Waals surface area contributed by atoms with Gasteiger partial charge >= 0.3 is 12.0 Å². The van der Waals surface area contributed by atoms with Crippen molar-refractivity contribution in [2.45, 2.75) is 44.9 Å². The number of ether oxygens (including phenoxy) is 1. The minimum atomic E-state index is -0.765. The van der Waals surface area contributed by atoms with Gasteiger partial charge in [0.1, 0.15) is 11.6 Å². The number of urea groups is 1. The summed E-state index contributed by atoms with van der Waals surface area (Å²) in [6, 6.07) is 9.54. The molecule has 1 aliphatic carbocycles. The van der Waals surface area contributed by atoms with Gasteiger partial charge in [0.05, 0.1) is 16.5 Å². The Labute approximate surface area is 206 Å². The average Bonchev–Trinajstić information content (AvgIpc) is 3.30. The molecular weight excluding hydrogens is 472 g/mol. The lowest BCUT2D eigenvalue weighted by Gasteiger charge is -2.26. The number of rotatable bonds is 7. The summed E-state index contributed by atoms with van der Waals surface area (Å²) in [6.07, 6.45) is 6.42. The molecule has 1 heterocycles. The van der Waals surface area contributed by atoms with E-state index < -0.39 is 17.7 Å². The van der Waals surface area contributed by atoms with Gasteiger partial charge in [-0.15, -0.1) is 11.3 Å². The Morgan fingerprint density at radius 3 is 2.31 bits per heavy atom. The molecule has 0 radical (unpaired) electrons. The van der Waals surface area contributed by atoms with Gasteiger partial charge in [0.25, 0.3) is 0 Å². The topological polar surface area (TPSA) is 80.3 Å². The number of nitrogens with one attached hydrogen (secondary N) is 2. The van der Waals surface area contributed by atoms with Crippen LogP contribution in [0, 0.1) is 17.6 Å². The number of carbonyl (C=O) groups is 2. The fourth-order valence-electron chi connectivity index (χ4n) is 4.32. The number of anilines is 2. The van der Waals surface area contributed by atoms with E-state index in [9.17, 15) is 18.4 Å². The van der Waals surface area contributed by atoms with E-state index in [4.69, 9.17) is 4.74 Å². The molecular formula is C26H27F2N3O3S. The number of halogens is 2. The Morgan fingerprint density at radius 2 is 1.66 bits per heavy atom. The minimum absolute atomic E-state index is 0.0312. The van der Waals surface area contributed by atoms with Crippen molar-refractivity contribution >= 4 is 34.7 Å². The smallest absolute Gasteiger partial charge is 0.323 e. The molecule has 2 aromatic carbocycles. The fourth-order valence-corrected chi connectivity index (χ4v) is 5.41. The minimum Gasteiger partial charge on any atom is -0.466 e. The molecule has 2 N–H and O–H groups in total. The number of carbonyl (C=O) groups excluding carboxylic acids is 2. The normalized spacial score (nSPS) is 17.6. The molecule has 35 heavy (non-hydrogen) atoms. The first kappa shape index (κ1) is 24.8. The van der Waals surface area contributed by atoms with Gasteiger partial charge in [-0.25, -0.2) is 18.6 Å². The van der Waals surface area contributed by atoms with E-state index in [2.05, 4.69) is 15.6 Å². The molecule has 1 aromatic heterocycles. The van der Waals surface area contributed by atoms with Crippen LogP contribution in [-0.4, -0.2) is 23.6 Å². The maximum atomic E-state index is 13.3. The number of thiazole rings is 1. The van der Waals surface area contributed by atoms with Crippen molar-refractivity contribution in [3.05, 3.63) is 65.3 Å². The molecule has 0 spiro atoms. The molecule has 4 rings (SSSR count). The van der Waals surface area contributed by atoms with Crippen molar-refractivity contribution < 1.29 is 23.1 Å². The van der Waals surface area contributed by atoms with E-state index >= 15 is 0 Å². The predicted molar refractivity (Wildman–Crippen MR) is 132 cm³/mol. The van der Waals surface area contributed by atoms with Crippen LogP contribution in [0.5, 0.6) is 0 Å². The third-order valence-electron chi connectivity index (χ3n) is 6.03. The van der Waals surface area contributed by atoms with E-state index in [0.29, 0.717) is 30.6 Å². The van der Waals surface area contributed by atoms with Gasteiger partial charge in [-0.3, -0.25) is 4.79 Å². The molecule has 184 valence electrons. The lowest BCUT2D eigenvalue weighted by molar-refractivity contribution is -0.144. The van der Waals surface area contributed by atoms with Crippen molar-refractivity contribution in [1.82, 2.24) is 4.98 Å². The summed E-state index contributed by atoms with van der Waals surface area (Å²) < 4.78 is 31.6. The predicted octanol–water partition coefficient (Wildman–Crippen LogP) is 6.96. The number of aromatic nitrogens is 1. The number of hydrogen-bond donors (Lipinski definition) is 2. The van der Waals surface area contributed by atoms with Crippen LogP contribution in [-0.2, 0) is 9.53 Å². The van der Waals surface area contributed by atoms with E-state index in [1.54, 1.807) is 23.5 Å². The number of hydrogen-bond acceptors (Lipinski definition) is 5. The molecule has 3 aromatic rings. The molecule has 6 nitrogen and oxygen atoms in total. The first-order valence-corrected chi connectivity index (χ1v) is 12.5. The second-order valence-electron chi connectivity index (χ2n) is 8.60. The zero-order chi connectivity index (χ0) is 24.8. The molecule has 0 bridgehead atoms. The Bertz CT molecular complexity index is 1150. The number of esters is 1. The largest absolute Gasteiger partial charge is 0.466 e. The van der Waals surface area contributed by atoms with Gasteiger partial charge in [-0.2, -0.15) is 0 Å².